The van der Waals surface area contributed by atoms with Gasteiger partial charge in [-0.2, -0.15) is 10.2 Å². The van der Waals surface area contributed by atoms with Crippen LogP contribution in [-0.4, -0.2) is 160 Å². The molecule has 0 unspecified atom stereocenters. The van der Waals surface area contributed by atoms with Crippen LogP contribution in [0.1, 0.15) is 22.3 Å². The molecule has 0 atom stereocenters. The minimum atomic E-state index is -1.23. The van der Waals surface area contributed by atoms with Crippen LogP contribution in [0.15, 0.2) is 171 Å². The van der Waals surface area contributed by atoms with E-state index in [0.29, 0.717) is 68.2 Å². The third-order valence-electron chi connectivity index (χ3n) is 10.3. The average Bonchev–Trinajstić information content (AvgIpc) is 2.38. The molecule has 31 nitrogen and oxygen atoms in total. The van der Waals surface area contributed by atoms with Crippen molar-refractivity contribution >= 4 is 48.2 Å². The van der Waals surface area contributed by atoms with E-state index in [4.69, 9.17) is 37.9 Å². The Balaban J connectivity index is -0.000000127. The molecule has 0 bridgehead atoms. The van der Waals surface area contributed by atoms with Gasteiger partial charge in [0.15, 0.2) is 46.0 Å². The first kappa shape index (κ1) is 102. The molecular formula is C60H76N6O25Zn2. The van der Waals surface area contributed by atoms with Crippen LogP contribution < -0.4 is 58.3 Å². The molecule has 0 saturated carbocycles. The number of carbonyl (C=O) groups excluding carboxylic acids is 4. The van der Waals surface area contributed by atoms with Crippen LogP contribution in [0.25, 0.3) is 46.8 Å². The zero-order valence-electron chi connectivity index (χ0n) is 51.7. The topological polar surface area (TPSA) is 601 Å². The number of methoxy groups -OCH3 is 8. The number of hydrogen-bond donors (Lipinski definition) is 2. The second-order valence-electron chi connectivity index (χ2n) is 15.5. The van der Waals surface area contributed by atoms with Gasteiger partial charge in [-0.25, -0.2) is 0 Å². The van der Waals surface area contributed by atoms with Crippen molar-refractivity contribution in [3.63, 3.8) is 0 Å². The molecule has 0 spiro atoms. The Hall–Kier alpha value is -10.3. The van der Waals surface area contributed by atoms with Crippen LogP contribution >= 0.6 is 0 Å². The van der Waals surface area contributed by atoms with Gasteiger partial charge >= 0.3 is 39.0 Å². The zero-order chi connectivity index (χ0) is 60.1. The van der Waals surface area contributed by atoms with E-state index in [1.54, 1.807) is 110 Å². The molecule has 4 heterocycles. The Morgan fingerprint density at radius 2 is 0.516 bits per heavy atom. The smallest absolute Gasteiger partial charge is 0.545 e. The zero-order valence-corrected chi connectivity index (χ0v) is 57.6. The number of rotatable bonds is 18. The van der Waals surface area contributed by atoms with E-state index in [1.165, 1.54) is 81.2 Å². The van der Waals surface area contributed by atoms with E-state index >= 15 is 0 Å². The Morgan fingerprint density at radius 3 is 0.677 bits per heavy atom. The number of H-pyrrole nitrogens is 2. The first-order chi connectivity index (χ1) is 39.6. The molecule has 0 saturated heterocycles. The molecule has 20 N–H and O–H groups in total. The van der Waals surface area contributed by atoms with Gasteiger partial charge in [0.2, 0.25) is 0 Å². The molecule has 0 aliphatic heterocycles. The summed E-state index contributed by atoms with van der Waals surface area (Å²) < 4.78 is 40.4. The van der Waals surface area contributed by atoms with Crippen molar-refractivity contribution in [2.24, 2.45) is 0 Å². The second-order valence-corrected chi connectivity index (χ2v) is 15.5. The van der Waals surface area contributed by atoms with E-state index < -0.39 is 23.9 Å². The summed E-state index contributed by atoms with van der Waals surface area (Å²) in [6.45, 7) is 0. The number of hydrogen-bond acceptors (Lipinski definition) is 20. The van der Waals surface area contributed by atoms with Gasteiger partial charge in [0, 0.05) is 48.3 Å². The average molecular weight is 1410 g/mol. The van der Waals surface area contributed by atoms with E-state index in [1.807, 2.05) is 36.4 Å². The van der Waals surface area contributed by atoms with Crippen molar-refractivity contribution in [2.75, 3.05) is 56.9 Å². The van der Waals surface area contributed by atoms with Crippen molar-refractivity contribution in [3.05, 3.63) is 193 Å². The standard InChI is InChI=1S/4C11H12O4.2C8H7N3.9H2O.2Zn/c4*1-14-9-5-3-8(4-6-11(12)13)7-10(9)15-2;2*1-4-9-5-2-7(1)8-3-6-10-11-8;;;;;;;;;;;/h4*3-7H,1-2H3,(H,12,13);2*1-6H,(H,10,11);9*1H2;;/q;;;;;;;;;;;;;;;2*+2/p-4/b4*6-4+;;;;;;;;;;;;;. The van der Waals surface area contributed by atoms with Crippen molar-refractivity contribution < 1.29 is 166 Å². The maximum Gasteiger partial charge on any atom is 2.00 e. The number of carboxylic acid groups (broad SMARTS) is 4. The normalized spacial score (nSPS) is 8.95. The number of aliphatic carboxylic acids is 4. The summed E-state index contributed by atoms with van der Waals surface area (Å²) in [5.41, 5.74) is 7.08. The summed E-state index contributed by atoms with van der Waals surface area (Å²) in [5, 5.41) is 54.2. The Kier molecular flexibility index (Phi) is 63.5. The third kappa shape index (κ3) is 38.8. The molecule has 0 aliphatic carbocycles. The molecule has 4 aromatic heterocycles. The molecule has 0 aliphatic rings. The summed E-state index contributed by atoms with van der Waals surface area (Å²) in [6.07, 6.45) is 20.1. The van der Waals surface area contributed by atoms with Crippen LogP contribution in [0.4, 0.5) is 0 Å². The SMILES string of the molecule is COc1ccc(/C=C/C(=O)[O-])cc1OC.COc1ccc(/C=C/C(=O)[O-])cc1OC.COc1ccc(/C=C/C(=O)[O-])cc1OC.COc1ccc(/C=C/C(=O)[O-])cc1OC.O.O.O.O.O.O.O.O.O.[Zn+2].[Zn+2].c1cc(-c2ccn[nH]2)ccn1.c1cc(-c2ccn[nH]2)ccn1. The minimum Gasteiger partial charge on any atom is -0.545 e. The van der Waals surface area contributed by atoms with Gasteiger partial charge < -0.3 is 127 Å². The molecule has 0 radical (unpaired) electrons. The number of carbonyl (C=O) groups is 4. The van der Waals surface area contributed by atoms with Gasteiger partial charge in [0.25, 0.3) is 0 Å². The maximum absolute atomic E-state index is 10.2. The fourth-order valence-electron chi connectivity index (χ4n) is 6.38. The molecule has 500 valence electrons. The molecule has 0 amide bonds. The summed E-state index contributed by atoms with van der Waals surface area (Å²) in [5.74, 6) is -0.312. The summed E-state index contributed by atoms with van der Waals surface area (Å²) >= 11 is 0. The van der Waals surface area contributed by atoms with Crippen LogP contribution in [0.5, 0.6) is 46.0 Å². The number of nitrogens with zero attached hydrogens (tertiary/aromatic N) is 4. The molecule has 4 aromatic carbocycles. The van der Waals surface area contributed by atoms with Crippen LogP contribution in [0.3, 0.4) is 0 Å². The third-order valence-corrected chi connectivity index (χ3v) is 10.3. The second kappa shape index (κ2) is 58.1. The molecule has 8 rings (SSSR count). The van der Waals surface area contributed by atoms with Crippen LogP contribution in [0, 0.1) is 0 Å². The molecule has 93 heavy (non-hydrogen) atoms. The Morgan fingerprint density at radius 1 is 0.312 bits per heavy atom. The van der Waals surface area contributed by atoms with E-state index in [-0.39, 0.29) is 88.2 Å². The van der Waals surface area contributed by atoms with Crippen molar-refractivity contribution in [2.45, 2.75) is 0 Å². The summed E-state index contributed by atoms with van der Waals surface area (Å²) in [4.78, 5) is 48.6. The fraction of sp³-hybridized carbons (Fsp3) is 0.133. The first-order valence-electron chi connectivity index (χ1n) is 23.9. The Labute approximate surface area is 559 Å². The summed E-state index contributed by atoms with van der Waals surface area (Å²) in [6, 6.07) is 32.0. The van der Waals surface area contributed by atoms with E-state index in [9.17, 15) is 39.6 Å². The molecular weight excluding hydrogens is 1340 g/mol. The number of nitrogens with one attached hydrogen (secondary N) is 2. The van der Waals surface area contributed by atoms with Gasteiger partial charge in [0.05, 0.1) is 92.1 Å². The van der Waals surface area contributed by atoms with Gasteiger partial charge in [0.1, 0.15) is 0 Å². The Bertz CT molecular complexity index is 2970. The molecule has 33 heteroatoms. The number of benzene rings is 4. The largest absolute Gasteiger partial charge is 2.00 e. The maximum atomic E-state index is 10.2. The summed E-state index contributed by atoms with van der Waals surface area (Å²) in [7, 11) is 12.2. The predicted molar refractivity (Wildman–Crippen MR) is 331 cm³/mol. The van der Waals surface area contributed by atoms with Gasteiger partial charge in [-0.3, -0.25) is 20.2 Å². The van der Waals surface area contributed by atoms with Crippen LogP contribution in [-0.2, 0) is 58.1 Å². The fourth-order valence-corrected chi connectivity index (χ4v) is 6.38. The van der Waals surface area contributed by atoms with E-state index in [0.717, 1.165) is 46.8 Å². The monoisotopic (exact) mass is 1410 g/mol. The van der Waals surface area contributed by atoms with Gasteiger partial charge in [-0.05, 0) is 131 Å². The first-order valence-corrected chi connectivity index (χ1v) is 23.9. The number of ether oxygens (including phenoxy) is 8. The minimum absolute atomic E-state index is 0. The number of carboxylic acids is 4. The van der Waals surface area contributed by atoms with E-state index in [2.05, 4.69) is 30.4 Å². The van der Waals surface area contributed by atoms with Crippen molar-refractivity contribution in [1.29, 1.82) is 0 Å². The number of aromatic amines is 2. The quantitative estimate of drug-likeness (QED) is 0.0656. The van der Waals surface area contributed by atoms with Crippen molar-refractivity contribution in [3.8, 4) is 68.5 Å². The number of aromatic nitrogens is 6. The molecule has 0 fully saturated rings. The number of pyridine rings is 2. The molecule has 8 aromatic rings. The van der Waals surface area contributed by atoms with Crippen LogP contribution in [0.2, 0.25) is 0 Å². The predicted octanol–water partition coefficient (Wildman–Crippen LogP) is -2.62. The van der Waals surface area contributed by atoms with Crippen molar-refractivity contribution in [1.82, 2.24) is 30.4 Å². The van der Waals surface area contributed by atoms with Gasteiger partial charge in [-0.15, -0.1) is 0 Å². The van der Waals surface area contributed by atoms with Gasteiger partial charge in [-0.1, -0.05) is 48.6 Å².